The van der Waals surface area contributed by atoms with Crippen LogP contribution in [0.1, 0.15) is 62.4 Å². The zero-order chi connectivity index (χ0) is 18.9. The molecule has 1 unspecified atom stereocenters. The summed E-state index contributed by atoms with van der Waals surface area (Å²) in [7, 11) is 1.97. The fraction of sp³-hybridized carbons (Fsp3) is 0.550. The van der Waals surface area contributed by atoms with Gasteiger partial charge in [0.05, 0.1) is 6.04 Å². The standard InChI is InChI=1S/C20H32N6.HI/c1-6-8-13-21-20(22-14-19-25-24-16(4)26(19)5)23-15(3)18-11-9-17(7-2)10-12-18;/h9-12,15H,6-8,13-14H2,1-5H3,(H2,21,22,23);1H. The summed E-state index contributed by atoms with van der Waals surface area (Å²) in [4.78, 5) is 4.71. The lowest BCUT2D eigenvalue weighted by molar-refractivity contribution is 0.662. The van der Waals surface area contributed by atoms with Crippen LogP contribution < -0.4 is 10.6 Å². The molecule has 0 radical (unpaired) electrons. The van der Waals surface area contributed by atoms with Gasteiger partial charge in [-0.3, -0.25) is 0 Å². The van der Waals surface area contributed by atoms with Crippen molar-refractivity contribution >= 4 is 29.9 Å². The van der Waals surface area contributed by atoms with E-state index in [1.165, 1.54) is 11.1 Å². The van der Waals surface area contributed by atoms with Crippen molar-refractivity contribution in [2.45, 2.75) is 59.5 Å². The van der Waals surface area contributed by atoms with Crippen molar-refractivity contribution in [3.63, 3.8) is 0 Å². The first-order valence-electron chi connectivity index (χ1n) is 9.53. The summed E-state index contributed by atoms with van der Waals surface area (Å²) in [6.45, 7) is 9.87. The molecule has 1 atom stereocenters. The molecule has 0 amide bonds. The Morgan fingerprint density at radius 3 is 2.44 bits per heavy atom. The largest absolute Gasteiger partial charge is 0.356 e. The Morgan fingerprint density at radius 2 is 1.89 bits per heavy atom. The van der Waals surface area contributed by atoms with E-state index in [2.05, 4.69) is 65.9 Å². The number of aliphatic imine (C=N–C) groups is 1. The van der Waals surface area contributed by atoms with Crippen molar-refractivity contribution in [1.82, 2.24) is 25.4 Å². The van der Waals surface area contributed by atoms with Gasteiger partial charge in [-0.1, -0.05) is 44.5 Å². The molecule has 6 nitrogen and oxygen atoms in total. The Bertz CT molecular complexity index is 708. The van der Waals surface area contributed by atoms with Crippen molar-refractivity contribution in [3.8, 4) is 0 Å². The molecule has 2 rings (SSSR count). The molecular weight excluding hydrogens is 451 g/mol. The minimum Gasteiger partial charge on any atom is -0.356 e. The maximum atomic E-state index is 4.71. The molecule has 2 N–H and O–H groups in total. The van der Waals surface area contributed by atoms with E-state index >= 15 is 0 Å². The number of benzene rings is 1. The molecular formula is C20H33IN6. The summed E-state index contributed by atoms with van der Waals surface area (Å²) in [5, 5.41) is 15.2. The first kappa shape index (κ1) is 23.4. The van der Waals surface area contributed by atoms with Crippen LogP contribution >= 0.6 is 24.0 Å². The third-order valence-corrected chi connectivity index (χ3v) is 4.63. The molecule has 0 saturated heterocycles. The molecule has 0 aliphatic heterocycles. The summed E-state index contributed by atoms with van der Waals surface area (Å²) in [6.07, 6.45) is 3.32. The lowest BCUT2D eigenvalue weighted by atomic mass is 10.1. The molecule has 7 heteroatoms. The maximum absolute atomic E-state index is 4.71. The lowest BCUT2D eigenvalue weighted by Gasteiger charge is -2.19. The smallest absolute Gasteiger partial charge is 0.192 e. The molecule has 0 aliphatic rings. The molecule has 0 saturated carbocycles. The molecule has 0 fully saturated rings. The third kappa shape index (κ3) is 7.12. The minimum absolute atomic E-state index is 0. The maximum Gasteiger partial charge on any atom is 0.192 e. The van der Waals surface area contributed by atoms with Crippen LogP contribution in [0.3, 0.4) is 0 Å². The van der Waals surface area contributed by atoms with E-state index < -0.39 is 0 Å². The Labute approximate surface area is 180 Å². The van der Waals surface area contributed by atoms with Crippen molar-refractivity contribution in [1.29, 1.82) is 0 Å². The van der Waals surface area contributed by atoms with Gasteiger partial charge in [-0.05, 0) is 37.8 Å². The Hall–Kier alpha value is -1.64. The van der Waals surface area contributed by atoms with Gasteiger partial charge in [-0.25, -0.2) is 4.99 Å². The van der Waals surface area contributed by atoms with E-state index in [4.69, 9.17) is 4.99 Å². The van der Waals surface area contributed by atoms with E-state index in [1.54, 1.807) is 0 Å². The molecule has 0 spiro atoms. The number of unbranched alkanes of at least 4 members (excludes halogenated alkanes) is 1. The van der Waals surface area contributed by atoms with E-state index in [1.807, 2.05) is 18.5 Å². The fourth-order valence-corrected chi connectivity index (χ4v) is 2.61. The summed E-state index contributed by atoms with van der Waals surface area (Å²) >= 11 is 0. The highest BCUT2D eigenvalue weighted by atomic mass is 127. The van der Waals surface area contributed by atoms with Crippen molar-refractivity contribution in [3.05, 3.63) is 47.0 Å². The van der Waals surface area contributed by atoms with Crippen molar-refractivity contribution in [2.75, 3.05) is 6.54 Å². The number of nitrogens with zero attached hydrogens (tertiary/aromatic N) is 4. The molecule has 27 heavy (non-hydrogen) atoms. The normalized spacial score (nSPS) is 12.4. The van der Waals surface area contributed by atoms with Crippen LogP contribution in [0.5, 0.6) is 0 Å². The van der Waals surface area contributed by atoms with Crippen molar-refractivity contribution < 1.29 is 0 Å². The average Bonchev–Trinajstić information content (AvgIpc) is 2.98. The van der Waals surface area contributed by atoms with Gasteiger partial charge in [0, 0.05) is 13.6 Å². The van der Waals surface area contributed by atoms with Crippen LogP contribution in [0.4, 0.5) is 0 Å². The van der Waals surface area contributed by atoms with E-state index in [9.17, 15) is 0 Å². The average molecular weight is 484 g/mol. The zero-order valence-electron chi connectivity index (χ0n) is 17.1. The van der Waals surface area contributed by atoms with Crippen LogP contribution in [0.25, 0.3) is 0 Å². The number of hydrogen-bond donors (Lipinski definition) is 2. The number of rotatable bonds is 8. The van der Waals surface area contributed by atoms with Gasteiger partial charge in [0.2, 0.25) is 0 Å². The molecule has 150 valence electrons. The van der Waals surface area contributed by atoms with Gasteiger partial charge in [0.1, 0.15) is 12.4 Å². The molecule has 1 aromatic heterocycles. The highest BCUT2D eigenvalue weighted by molar-refractivity contribution is 14.0. The van der Waals surface area contributed by atoms with Crippen molar-refractivity contribution in [2.24, 2.45) is 12.0 Å². The van der Waals surface area contributed by atoms with Crippen LogP contribution in [0.15, 0.2) is 29.3 Å². The quantitative estimate of drug-likeness (QED) is 0.258. The SMILES string of the molecule is CCCCNC(=NCc1nnc(C)n1C)NC(C)c1ccc(CC)cc1.I. The summed E-state index contributed by atoms with van der Waals surface area (Å²) in [5.74, 6) is 2.57. The highest BCUT2D eigenvalue weighted by Gasteiger charge is 2.09. The van der Waals surface area contributed by atoms with Gasteiger partial charge < -0.3 is 15.2 Å². The second-order valence-electron chi connectivity index (χ2n) is 6.63. The number of hydrogen-bond acceptors (Lipinski definition) is 3. The predicted octanol–water partition coefficient (Wildman–Crippen LogP) is 3.90. The molecule has 2 aromatic rings. The predicted molar refractivity (Wildman–Crippen MR) is 123 cm³/mol. The summed E-state index contributed by atoms with van der Waals surface area (Å²) in [6, 6.07) is 8.93. The number of aryl methyl sites for hydroxylation is 2. The van der Waals surface area contributed by atoms with E-state index in [0.717, 1.165) is 43.4 Å². The van der Waals surface area contributed by atoms with E-state index in [-0.39, 0.29) is 30.0 Å². The number of halogens is 1. The first-order valence-corrected chi connectivity index (χ1v) is 9.53. The monoisotopic (exact) mass is 484 g/mol. The Kier molecular flexibility index (Phi) is 10.4. The topological polar surface area (TPSA) is 67.1 Å². The second-order valence-corrected chi connectivity index (χ2v) is 6.63. The van der Waals surface area contributed by atoms with Gasteiger partial charge in [-0.2, -0.15) is 0 Å². The summed E-state index contributed by atoms with van der Waals surface area (Å²) in [5.41, 5.74) is 2.61. The number of aromatic nitrogens is 3. The zero-order valence-corrected chi connectivity index (χ0v) is 19.4. The van der Waals surface area contributed by atoms with Crippen LogP contribution in [0, 0.1) is 6.92 Å². The van der Waals surface area contributed by atoms with Gasteiger partial charge in [0.25, 0.3) is 0 Å². The van der Waals surface area contributed by atoms with Gasteiger partial charge in [-0.15, -0.1) is 34.2 Å². The van der Waals surface area contributed by atoms with Gasteiger partial charge in [0.15, 0.2) is 11.8 Å². The lowest BCUT2D eigenvalue weighted by Crippen LogP contribution is -2.39. The number of guanidine groups is 1. The van der Waals surface area contributed by atoms with Crippen LogP contribution in [-0.4, -0.2) is 27.3 Å². The fourth-order valence-electron chi connectivity index (χ4n) is 2.61. The number of nitrogens with one attached hydrogen (secondary N) is 2. The highest BCUT2D eigenvalue weighted by Crippen LogP contribution is 2.13. The van der Waals surface area contributed by atoms with E-state index in [0.29, 0.717) is 6.54 Å². The van der Waals surface area contributed by atoms with Crippen LogP contribution in [0.2, 0.25) is 0 Å². The molecule has 0 aliphatic carbocycles. The third-order valence-electron chi connectivity index (χ3n) is 4.63. The Morgan fingerprint density at radius 1 is 1.19 bits per heavy atom. The van der Waals surface area contributed by atoms with Gasteiger partial charge >= 0.3 is 0 Å². The Balaban J connectivity index is 0.00000364. The molecule has 1 heterocycles. The first-order chi connectivity index (χ1) is 12.5. The van der Waals surface area contributed by atoms with Crippen LogP contribution in [-0.2, 0) is 20.0 Å². The minimum atomic E-state index is 0. The molecule has 0 bridgehead atoms. The molecule has 1 aromatic carbocycles. The second kappa shape index (κ2) is 11.9. The summed E-state index contributed by atoms with van der Waals surface area (Å²) < 4.78 is 1.97.